The molecule has 6 heteroatoms. The lowest BCUT2D eigenvalue weighted by Crippen LogP contribution is -2.27. The number of hydrogen-bond acceptors (Lipinski definition) is 3. The van der Waals surface area contributed by atoms with Crippen molar-refractivity contribution in [1.82, 2.24) is 10.0 Å². The summed E-state index contributed by atoms with van der Waals surface area (Å²) in [7, 11) is -1.94. The first-order chi connectivity index (χ1) is 7.58. The van der Waals surface area contributed by atoms with Crippen LogP contribution >= 0.6 is 0 Å². The summed E-state index contributed by atoms with van der Waals surface area (Å²) < 4.78 is 38.9. The molecule has 0 atom stereocenters. The van der Waals surface area contributed by atoms with Crippen LogP contribution < -0.4 is 10.0 Å². The highest BCUT2D eigenvalue weighted by atomic mass is 32.2. The van der Waals surface area contributed by atoms with Crippen LogP contribution in [0.1, 0.15) is 6.42 Å². The van der Waals surface area contributed by atoms with Gasteiger partial charge in [-0.3, -0.25) is 0 Å². The summed E-state index contributed by atoms with van der Waals surface area (Å²) in [6, 6.07) is 5.32. The topological polar surface area (TPSA) is 58.2 Å². The largest absolute Gasteiger partial charge is 0.320 e. The maximum absolute atomic E-state index is 13.2. The van der Waals surface area contributed by atoms with E-state index < -0.39 is 15.8 Å². The highest BCUT2D eigenvalue weighted by molar-refractivity contribution is 7.89. The molecule has 0 spiro atoms. The molecular formula is C10H15FN2O2S. The first-order valence-electron chi connectivity index (χ1n) is 4.97. The van der Waals surface area contributed by atoms with Crippen molar-refractivity contribution in [1.29, 1.82) is 0 Å². The van der Waals surface area contributed by atoms with E-state index in [2.05, 4.69) is 10.0 Å². The average Bonchev–Trinajstić information content (AvgIpc) is 2.25. The van der Waals surface area contributed by atoms with E-state index in [-0.39, 0.29) is 11.4 Å². The van der Waals surface area contributed by atoms with Gasteiger partial charge < -0.3 is 5.32 Å². The van der Waals surface area contributed by atoms with Crippen molar-refractivity contribution >= 4 is 10.0 Å². The lowest BCUT2D eigenvalue weighted by Gasteiger charge is -2.07. The molecule has 0 aliphatic rings. The van der Waals surface area contributed by atoms with Crippen molar-refractivity contribution in [3.05, 3.63) is 30.1 Å². The zero-order chi connectivity index (χ0) is 12.0. The minimum absolute atomic E-state index is 0.289. The molecule has 0 aliphatic heterocycles. The number of halogens is 1. The van der Waals surface area contributed by atoms with Crippen LogP contribution in [-0.4, -0.2) is 28.6 Å². The number of hydrogen-bond donors (Lipinski definition) is 2. The maximum atomic E-state index is 13.2. The van der Waals surface area contributed by atoms with Gasteiger partial charge in [-0.2, -0.15) is 0 Å². The Morgan fingerprint density at radius 3 is 2.56 bits per heavy atom. The van der Waals surface area contributed by atoms with Gasteiger partial charge in [0.25, 0.3) is 0 Å². The van der Waals surface area contributed by atoms with Crippen molar-refractivity contribution in [3.8, 4) is 0 Å². The quantitative estimate of drug-likeness (QED) is 0.727. The summed E-state index contributed by atoms with van der Waals surface area (Å²) in [5.41, 5.74) is 0. The molecule has 0 radical (unpaired) electrons. The van der Waals surface area contributed by atoms with Crippen molar-refractivity contribution in [2.75, 3.05) is 20.1 Å². The molecule has 0 fully saturated rings. The van der Waals surface area contributed by atoms with E-state index >= 15 is 0 Å². The predicted molar refractivity (Wildman–Crippen MR) is 60.1 cm³/mol. The van der Waals surface area contributed by atoms with Gasteiger partial charge in [0.05, 0.1) is 0 Å². The normalized spacial score (nSPS) is 11.6. The molecule has 2 N–H and O–H groups in total. The first kappa shape index (κ1) is 13.1. The molecule has 0 amide bonds. The summed E-state index contributed by atoms with van der Waals surface area (Å²) in [6.07, 6.45) is 0.657. The fraction of sp³-hybridized carbons (Fsp3) is 0.400. The van der Waals surface area contributed by atoms with Crippen molar-refractivity contribution in [2.45, 2.75) is 11.3 Å². The standard InChI is InChI=1S/C10H15FN2O2S/c1-12-7-4-8-13-16(14,15)10-6-3-2-5-9(10)11/h2-3,5-6,12-13H,4,7-8H2,1H3. The van der Waals surface area contributed by atoms with Crippen LogP contribution in [0.15, 0.2) is 29.2 Å². The minimum Gasteiger partial charge on any atom is -0.320 e. The van der Waals surface area contributed by atoms with E-state index in [1.54, 1.807) is 7.05 Å². The van der Waals surface area contributed by atoms with E-state index in [1.807, 2.05) is 0 Å². The van der Waals surface area contributed by atoms with Crippen LogP contribution in [0.25, 0.3) is 0 Å². The van der Waals surface area contributed by atoms with E-state index in [1.165, 1.54) is 18.2 Å². The van der Waals surface area contributed by atoms with Crippen LogP contribution in [-0.2, 0) is 10.0 Å². The summed E-state index contributed by atoms with van der Waals surface area (Å²) in [6.45, 7) is 0.997. The van der Waals surface area contributed by atoms with E-state index in [9.17, 15) is 12.8 Å². The molecule has 1 rings (SSSR count). The molecule has 0 saturated carbocycles. The molecule has 1 aromatic rings. The maximum Gasteiger partial charge on any atom is 0.243 e. The van der Waals surface area contributed by atoms with Gasteiger partial charge in [-0.25, -0.2) is 17.5 Å². The van der Waals surface area contributed by atoms with Gasteiger partial charge in [0.2, 0.25) is 10.0 Å². The third-order valence-corrected chi connectivity index (χ3v) is 3.52. The van der Waals surface area contributed by atoms with Gasteiger partial charge in [-0.05, 0) is 32.1 Å². The van der Waals surface area contributed by atoms with Crippen molar-refractivity contribution in [2.24, 2.45) is 0 Å². The van der Waals surface area contributed by atoms with Gasteiger partial charge >= 0.3 is 0 Å². The fourth-order valence-electron chi connectivity index (χ4n) is 1.21. The Kier molecular flexibility index (Phi) is 4.85. The van der Waals surface area contributed by atoms with Crippen molar-refractivity contribution < 1.29 is 12.8 Å². The second-order valence-corrected chi connectivity index (χ2v) is 5.02. The van der Waals surface area contributed by atoms with Crippen LogP contribution in [0.4, 0.5) is 4.39 Å². The summed E-state index contributed by atoms with van der Waals surface area (Å²) >= 11 is 0. The highest BCUT2D eigenvalue weighted by Crippen LogP contribution is 2.12. The molecular weight excluding hydrogens is 231 g/mol. The van der Waals surface area contributed by atoms with E-state index in [4.69, 9.17) is 0 Å². The molecule has 0 aliphatic carbocycles. The van der Waals surface area contributed by atoms with Crippen LogP contribution in [0.5, 0.6) is 0 Å². The average molecular weight is 246 g/mol. The van der Waals surface area contributed by atoms with Crippen LogP contribution in [0.3, 0.4) is 0 Å². The zero-order valence-corrected chi connectivity index (χ0v) is 9.85. The van der Waals surface area contributed by atoms with Gasteiger partial charge in [0.1, 0.15) is 10.7 Å². The van der Waals surface area contributed by atoms with Gasteiger partial charge in [-0.1, -0.05) is 12.1 Å². The molecule has 0 heterocycles. The Balaban J connectivity index is 2.68. The summed E-state index contributed by atoms with van der Waals surface area (Å²) in [4.78, 5) is -0.306. The Morgan fingerprint density at radius 2 is 1.94 bits per heavy atom. The summed E-state index contributed by atoms with van der Waals surface area (Å²) in [5, 5.41) is 2.90. The van der Waals surface area contributed by atoms with Gasteiger partial charge in [0, 0.05) is 6.54 Å². The van der Waals surface area contributed by atoms with E-state index in [0.29, 0.717) is 13.0 Å². The Morgan fingerprint density at radius 1 is 1.25 bits per heavy atom. The molecule has 16 heavy (non-hydrogen) atoms. The smallest absolute Gasteiger partial charge is 0.243 e. The Bertz CT molecular complexity index is 434. The Hall–Kier alpha value is -0.980. The lowest BCUT2D eigenvalue weighted by atomic mass is 10.4. The predicted octanol–water partition coefficient (Wildman–Crippen LogP) is 0.714. The molecule has 0 bridgehead atoms. The van der Waals surface area contributed by atoms with E-state index in [0.717, 1.165) is 6.07 Å². The van der Waals surface area contributed by atoms with Gasteiger partial charge in [-0.15, -0.1) is 0 Å². The number of sulfonamides is 1. The third-order valence-electron chi connectivity index (χ3n) is 2.02. The van der Waals surface area contributed by atoms with Gasteiger partial charge in [0.15, 0.2) is 0 Å². The third kappa shape index (κ3) is 3.55. The minimum atomic E-state index is -3.72. The molecule has 0 saturated heterocycles. The number of benzene rings is 1. The molecule has 0 aromatic heterocycles. The Labute approximate surface area is 94.9 Å². The second kappa shape index (κ2) is 5.93. The second-order valence-electron chi connectivity index (χ2n) is 3.29. The fourth-order valence-corrected chi connectivity index (χ4v) is 2.36. The first-order valence-corrected chi connectivity index (χ1v) is 6.45. The molecule has 90 valence electrons. The van der Waals surface area contributed by atoms with Crippen LogP contribution in [0, 0.1) is 5.82 Å². The molecule has 1 aromatic carbocycles. The van der Waals surface area contributed by atoms with Crippen LogP contribution in [0.2, 0.25) is 0 Å². The van der Waals surface area contributed by atoms with Crippen molar-refractivity contribution in [3.63, 3.8) is 0 Å². The number of rotatable bonds is 6. The number of nitrogens with one attached hydrogen (secondary N) is 2. The highest BCUT2D eigenvalue weighted by Gasteiger charge is 2.17. The summed E-state index contributed by atoms with van der Waals surface area (Å²) in [5.74, 6) is -0.733. The molecule has 0 unspecified atom stereocenters. The zero-order valence-electron chi connectivity index (χ0n) is 9.03. The monoisotopic (exact) mass is 246 g/mol. The molecule has 4 nitrogen and oxygen atoms in total. The SMILES string of the molecule is CNCCCNS(=O)(=O)c1ccccc1F. The lowest BCUT2D eigenvalue weighted by molar-refractivity contribution is 0.554.